The quantitative estimate of drug-likeness (QED) is 0.509. The zero-order chi connectivity index (χ0) is 18.7. The van der Waals surface area contributed by atoms with Crippen molar-refractivity contribution in [2.24, 2.45) is 0 Å². The van der Waals surface area contributed by atoms with E-state index in [1.54, 1.807) is 4.57 Å². The molecule has 5 heteroatoms. The van der Waals surface area contributed by atoms with Gasteiger partial charge in [-0.1, -0.05) is 30.3 Å². The van der Waals surface area contributed by atoms with E-state index in [0.29, 0.717) is 11.9 Å². The monoisotopic (exact) mass is 368 g/mol. The molecule has 6 rings (SSSR count). The van der Waals surface area contributed by atoms with Gasteiger partial charge in [-0.05, 0) is 53.4 Å². The molecule has 4 aromatic rings. The number of hydrogen-bond acceptors (Lipinski definition) is 4. The van der Waals surface area contributed by atoms with E-state index in [1.165, 1.54) is 5.56 Å². The highest BCUT2D eigenvalue weighted by Gasteiger charge is 2.21. The Balaban J connectivity index is 1.55. The molecular weight excluding hydrogens is 352 g/mol. The molecule has 0 aliphatic carbocycles. The maximum atomic E-state index is 13.0. The van der Waals surface area contributed by atoms with Crippen molar-refractivity contribution in [3.05, 3.63) is 76.6 Å². The van der Waals surface area contributed by atoms with E-state index in [0.717, 1.165) is 46.0 Å². The summed E-state index contributed by atoms with van der Waals surface area (Å²) in [6, 6.07) is 19.9. The van der Waals surface area contributed by atoms with Crippen molar-refractivity contribution in [1.29, 1.82) is 0 Å². The molecule has 1 aromatic heterocycles. The van der Waals surface area contributed by atoms with E-state index in [2.05, 4.69) is 18.2 Å². The normalized spacial score (nSPS) is 14.0. The summed E-state index contributed by atoms with van der Waals surface area (Å²) in [5.41, 5.74) is 5.11. The van der Waals surface area contributed by atoms with E-state index in [-0.39, 0.29) is 12.4 Å². The van der Waals surface area contributed by atoms with Crippen LogP contribution in [0.3, 0.4) is 0 Å². The fourth-order valence-electron chi connectivity index (χ4n) is 4.07. The van der Waals surface area contributed by atoms with Crippen LogP contribution < -0.4 is 15.0 Å². The number of rotatable bonds is 1. The van der Waals surface area contributed by atoms with Gasteiger partial charge in [0.15, 0.2) is 11.5 Å². The summed E-state index contributed by atoms with van der Waals surface area (Å²) in [5.74, 6) is 2.27. The van der Waals surface area contributed by atoms with E-state index in [4.69, 9.17) is 14.5 Å². The van der Waals surface area contributed by atoms with E-state index in [1.807, 2.05) is 42.5 Å². The molecule has 0 saturated carbocycles. The van der Waals surface area contributed by atoms with Gasteiger partial charge in [0, 0.05) is 12.1 Å². The van der Waals surface area contributed by atoms with Crippen LogP contribution >= 0.6 is 0 Å². The molecule has 3 heterocycles. The highest BCUT2D eigenvalue weighted by molar-refractivity contribution is 5.82. The number of nitrogens with zero attached hydrogens (tertiary/aromatic N) is 2. The number of fused-ring (bicyclic) bond motifs is 5. The SMILES string of the molecule is O=c1c2ccccc2nc2n1CCc1ccc(-c3ccc4c(c3)OCO4)cc1-2. The lowest BCUT2D eigenvalue weighted by Gasteiger charge is -2.22. The molecule has 3 aromatic carbocycles. The molecule has 2 aliphatic heterocycles. The zero-order valence-electron chi connectivity index (χ0n) is 15.0. The van der Waals surface area contributed by atoms with Gasteiger partial charge in [-0.2, -0.15) is 0 Å². The second-order valence-corrected chi connectivity index (χ2v) is 7.10. The Bertz CT molecular complexity index is 1320. The number of hydrogen-bond donors (Lipinski definition) is 0. The zero-order valence-corrected chi connectivity index (χ0v) is 15.0. The summed E-state index contributed by atoms with van der Waals surface area (Å²) in [4.78, 5) is 17.8. The highest BCUT2D eigenvalue weighted by Crippen LogP contribution is 2.38. The third-order valence-corrected chi connectivity index (χ3v) is 5.52. The smallest absolute Gasteiger partial charge is 0.261 e. The van der Waals surface area contributed by atoms with E-state index in [9.17, 15) is 4.79 Å². The van der Waals surface area contributed by atoms with Crippen molar-refractivity contribution in [1.82, 2.24) is 9.55 Å². The molecule has 0 radical (unpaired) electrons. The van der Waals surface area contributed by atoms with Gasteiger partial charge in [-0.15, -0.1) is 0 Å². The first kappa shape index (κ1) is 15.5. The van der Waals surface area contributed by atoms with Crippen LogP contribution in [-0.2, 0) is 13.0 Å². The Morgan fingerprint density at radius 1 is 0.893 bits per heavy atom. The minimum absolute atomic E-state index is 0.0275. The van der Waals surface area contributed by atoms with E-state index < -0.39 is 0 Å². The number of aromatic nitrogens is 2. The number of para-hydroxylation sites is 1. The third-order valence-electron chi connectivity index (χ3n) is 5.52. The van der Waals surface area contributed by atoms with Gasteiger partial charge in [0.25, 0.3) is 5.56 Å². The molecule has 0 fully saturated rings. The van der Waals surface area contributed by atoms with Gasteiger partial charge in [-0.3, -0.25) is 9.36 Å². The predicted octanol–water partition coefficient (Wildman–Crippen LogP) is 4.02. The molecule has 136 valence electrons. The Morgan fingerprint density at radius 2 is 1.71 bits per heavy atom. The van der Waals surface area contributed by atoms with Crippen LogP contribution in [0.2, 0.25) is 0 Å². The lowest BCUT2D eigenvalue weighted by atomic mass is 9.94. The van der Waals surface area contributed by atoms with Gasteiger partial charge in [-0.25, -0.2) is 4.98 Å². The van der Waals surface area contributed by atoms with Crippen molar-refractivity contribution in [3.8, 4) is 34.0 Å². The first-order chi connectivity index (χ1) is 13.8. The maximum Gasteiger partial charge on any atom is 0.261 e. The van der Waals surface area contributed by atoms with Gasteiger partial charge >= 0.3 is 0 Å². The molecule has 0 bridgehead atoms. The van der Waals surface area contributed by atoms with Crippen LogP contribution in [0.5, 0.6) is 11.5 Å². The second-order valence-electron chi connectivity index (χ2n) is 7.10. The van der Waals surface area contributed by atoms with Crippen molar-refractivity contribution in [2.75, 3.05) is 6.79 Å². The summed E-state index contributed by atoms with van der Waals surface area (Å²) in [7, 11) is 0. The van der Waals surface area contributed by atoms with Crippen LogP contribution in [-0.4, -0.2) is 16.3 Å². The molecule has 0 atom stereocenters. The minimum atomic E-state index is 0.0275. The van der Waals surface area contributed by atoms with E-state index >= 15 is 0 Å². The molecular formula is C23H16N2O3. The molecule has 0 spiro atoms. The third kappa shape index (κ3) is 2.19. The topological polar surface area (TPSA) is 53.4 Å². The first-order valence-corrected chi connectivity index (χ1v) is 9.31. The highest BCUT2D eigenvalue weighted by atomic mass is 16.7. The summed E-state index contributed by atoms with van der Waals surface area (Å²) in [5, 5.41) is 0.668. The van der Waals surface area contributed by atoms with Gasteiger partial charge < -0.3 is 9.47 Å². The molecule has 0 N–H and O–H groups in total. The molecule has 5 nitrogen and oxygen atoms in total. The van der Waals surface area contributed by atoms with Crippen molar-refractivity contribution in [3.63, 3.8) is 0 Å². The minimum Gasteiger partial charge on any atom is -0.454 e. The molecule has 0 unspecified atom stereocenters. The summed E-state index contributed by atoms with van der Waals surface area (Å²) in [6.45, 7) is 0.915. The second kappa shape index (κ2) is 5.70. The molecule has 28 heavy (non-hydrogen) atoms. The van der Waals surface area contributed by atoms with Crippen LogP contribution in [0.25, 0.3) is 33.4 Å². The largest absolute Gasteiger partial charge is 0.454 e. The van der Waals surface area contributed by atoms with Crippen molar-refractivity contribution >= 4 is 10.9 Å². The fourth-order valence-corrected chi connectivity index (χ4v) is 4.07. The average molecular weight is 368 g/mol. The summed E-state index contributed by atoms with van der Waals surface area (Å²) in [6.07, 6.45) is 0.823. The van der Waals surface area contributed by atoms with Crippen LogP contribution in [0.15, 0.2) is 65.5 Å². The fraction of sp³-hybridized carbons (Fsp3) is 0.130. The molecule has 0 amide bonds. The maximum absolute atomic E-state index is 13.0. The lowest BCUT2D eigenvalue weighted by molar-refractivity contribution is 0.174. The predicted molar refractivity (Wildman–Crippen MR) is 107 cm³/mol. The Morgan fingerprint density at radius 3 is 2.68 bits per heavy atom. The van der Waals surface area contributed by atoms with Gasteiger partial charge in [0.2, 0.25) is 6.79 Å². The van der Waals surface area contributed by atoms with Gasteiger partial charge in [0.1, 0.15) is 5.82 Å². The van der Waals surface area contributed by atoms with Crippen molar-refractivity contribution in [2.45, 2.75) is 13.0 Å². The Kier molecular flexibility index (Phi) is 3.14. The Labute approximate surface area is 160 Å². The molecule has 0 saturated heterocycles. The lowest BCUT2D eigenvalue weighted by Crippen LogP contribution is -2.27. The summed E-state index contributed by atoms with van der Waals surface area (Å²) >= 11 is 0. The van der Waals surface area contributed by atoms with Crippen LogP contribution in [0.4, 0.5) is 0 Å². The number of benzene rings is 3. The summed E-state index contributed by atoms with van der Waals surface area (Å²) < 4.78 is 12.7. The standard InChI is InChI=1S/C23H16N2O3/c26-23-17-3-1-2-4-19(17)24-22-18-11-15(6-5-14(18)9-10-25(22)23)16-7-8-20-21(12-16)28-13-27-20/h1-8,11-12H,9-10,13H2. The van der Waals surface area contributed by atoms with Crippen LogP contribution in [0, 0.1) is 0 Å². The number of ether oxygens (including phenoxy) is 2. The van der Waals surface area contributed by atoms with Gasteiger partial charge in [0.05, 0.1) is 10.9 Å². The van der Waals surface area contributed by atoms with Crippen LogP contribution in [0.1, 0.15) is 5.56 Å². The first-order valence-electron chi connectivity index (χ1n) is 9.31. The Hall–Kier alpha value is -3.60. The molecule has 2 aliphatic rings. The van der Waals surface area contributed by atoms with Crippen molar-refractivity contribution < 1.29 is 9.47 Å². The number of aryl methyl sites for hydroxylation is 1. The average Bonchev–Trinajstić information content (AvgIpc) is 3.21.